The van der Waals surface area contributed by atoms with Gasteiger partial charge in [-0.2, -0.15) is 0 Å². The molecule has 0 aliphatic carbocycles. The molecule has 2 aromatic carbocycles. The number of amides is 1. The van der Waals surface area contributed by atoms with Crippen LogP contribution in [0.4, 0.5) is 0 Å². The van der Waals surface area contributed by atoms with Gasteiger partial charge in [0.15, 0.2) is 0 Å². The second-order valence-electron chi connectivity index (χ2n) is 5.60. The number of rotatable bonds is 7. The molecule has 122 valence electrons. The summed E-state index contributed by atoms with van der Waals surface area (Å²) in [5.74, 6) is 0.920. The van der Waals surface area contributed by atoms with Gasteiger partial charge in [0, 0.05) is 25.7 Å². The molecule has 4 nitrogen and oxygen atoms in total. The van der Waals surface area contributed by atoms with Crippen LogP contribution in [0.15, 0.2) is 48.5 Å². The monoisotopic (exact) mass is 312 g/mol. The Bertz CT molecular complexity index is 638. The van der Waals surface area contributed by atoms with Crippen LogP contribution in [0.2, 0.25) is 0 Å². The fourth-order valence-electron chi connectivity index (χ4n) is 2.31. The minimum Gasteiger partial charge on any atom is -0.493 e. The van der Waals surface area contributed by atoms with Gasteiger partial charge in [-0.15, -0.1) is 0 Å². The van der Waals surface area contributed by atoms with Crippen LogP contribution in [-0.4, -0.2) is 31.0 Å². The van der Waals surface area contributed by atoms with Crippen LogP contribution in [0.5, 0.6) is 5.75 Å². The van der Waals surface area contributed by atoms with E-state index in [0.717, 1.165) is 23.3 Å². The molecule has 0 bridgehead atoms. The Morgan fingerprint density at radius 3 is 2.48 bits per heavy atom. The summed E-state index contributed by atoms with van der Waals surface area (Å²) in [6.45, 7) is 3.76. The van der Waals surface area contributed by atoms with E-state index in [1.807, 2.05) is 62.5 Å². The number of para-hydroxylation sites is 1. The first kappa shape index (κ1) is 17.0. The fourth-order valence-corrected chi connectivity index (χ4v) is 2.31. The second-order valence-corrected chi connectivity index (χ2v) is 5.60. The van der Waals surface area contributed by atoms with E-state index in [2.05, 4.69) is 0 Å². The third-order valence-corrected chi connectivity index (χ3v) is 3.77. The van der Waals surface area contributed by atoms with E-state index in [-0.39, 0.29) is 5.91 Å². The first-order valence-electron chi connectivity index (χ1n) is 7.84. The Morgan fingerprint density at radius 1 is 1.13 bits per heavy atom. The van der Waals surface area contributed by atoms with Crippen molar-refractivity contribution in [1.29, 1.82) is 0 Å². The molecular formula is C19H24N2O2. The summed E-state index contributed by atoms with van der Waals surface area (Å²) in [5, 5.41) is 0. The lowest BCUT2D eigenvalue weighted by atomic mass is 10.1. The number of nitrogens with zero attached hydrogens (tertiary/aromatic N) is 1. The Balaban J connectivity index is 1.78. The maximum Gasteiger partial charge on any atom is 0.253 e. The number of benzene rings is 2. The van der Waals surface area contributed by atoms with Gasteiger partial charge in [0.05, 0.1) is 6.61 Å². The van der Waals surface area contributed by atoms with Gasteiger partial charge in [-0.3, -0.25) is 4.79 Å². The second kappa shape index (κ2) is 8.34. The molecule has 2 aromatic rings. The molecule has 0 saturated heterocycles. The van der Waals surface area contributed by atoms with Gasteiger partial charge in [0.25, 0.3) is 5.91 Å². The molecule has 2 rings (SSSR count). The van der Waals surface area contributed by atoms with Crippen LogP contribution in [0.1, 0.15) is 27.9 Å². The predicted molar refractivity (Wildman–Crippen MR) is 92.6 cm³/mol. The smallest absolute Gasteiger partial charge is 0.253 e. The van der Waals surface area contributed by atoms with E-state index in [1.54, 1.807) is 4.90 Å². The van der Waals surface area contributed by atoms with Crippen molar-refractivity contribution in [3.8, 4) is 5.75 Å². The van der Waals surface area contributed by atoms with Crippen LogP contribution in [0.25, 0.3) is 0 Å². The fraction of sp³-hybridized carbons (Fsp3) is 0.316. The first-order chi connectivity index (χ1) is 11.1. The minimum absolute atomic E-state index is 0.0180. The lowest BCUT2D eigenvalue weighted by Gasteiger charge is -2.18. The quantitative estimate of drug-likeness (QED) is 0.800. The van der Waals surface area contributed by atoms with Gasteiger partial charge in [0.1, 0.15) is 5.75 Å². The highest BCUT2D eigenvalue weighted by Gasteiger charge is 2.11. The number of hydrogen-bond acceptors (Lipinski definition) is 3. The van der Waals surface area contributed by atoms with E-state index >= 15 is 0 Å². The van der Waals surface area contributed by atoms with E-state index < -0.39 is 0 Å². The molecule has 0 spiro atoms. The molecule has 0 aliphatic heterocycles. The summed E-state index contributed by atoms with van der Waals surface area (Å²) in [5.41, 5.74) is 8.40. The van der Waals surface area contributed by atoms with E-state index in [0.29, 0.717) is 25.3 Å². The molecule has 4 heteroatoms. The number of ether oxygens (including phenoxy) is 1. The Kier molecular flexibility index (Phi) is 6.18. The van der Waals surface area contributed by atoms with E-state index in [9.17, 15) is 4.79 Å². The molecule has 0 atom stereocenters. The van der Waals surface area contributed by atoms with Crippen LogP contribution in [0, 0.1) is 6.92 Å². The lowest BCUT2D eigenvalue weighted by molar-refractivity contribution is 0.0788. The molecule has 2 N–H and O–H groups in total. The maximum absolute atomic E-state index is 12.3. The van der Waals surface area contributed by atoms with Gasteiger partial charge in [-0.1, -0.05) is 30.3 Å². The summed E-state index contributed by atoms with van der Waals surface area (Å²) in [7, 11) is 1.81. The molecule has 0 saturated carbocycles. The zero-order chi connectivity index (χ0) is 16.7. The Labute approximate surface area is 137 Å². The number of nitrogens with two attached hydrogens (primary N) is 1. The number of carbonyl (C=O) groups is 1. The van der Waals surface area contributed by atoms with Gasteiger partial charge in [0.2, 0.25) is 0 Å². The summed E-state index contributed by atoms with van der Waals surface area (Å²) in [4.78, 5) is 14.0. The van der Waals surface area contributed by atoms with Crippen molar-refractivity contribution in [2.45, 2.75) is 19.9 Å². The third-order valence-electron chi connectivity index (χ3n) is 3.77. The van der Waals surface area contributed by atoms with E-state index in [4.69, 9.17) is 10.5 Å². The topological polar surface area (TPSA) is 55.6 Å². The number of aryl methyl sites for hydroxylation is 1. The lowest BCUT2D eigenvalue weighted by Crippen LogP contribution is -2.28. The van der Waals surface area contributed by atoms with Crippen molar-refractivity contribution < 1.29 is 9.53 Å². The molecule has 23 heavy (non-hydrogen) atoms. The van der Waals surface area contributed by atoms with Crippen molar-refractivity contribution in [1.82, 2.24) is 4.90 Å². The van der Waals surface area contributed by atoms with Crippen LogP contribution >= 0.6 is 0 Å². The molecule has 0 aliphatic rings. The van der Waals surface area contributed by atoms with Gasteiger partial charge < -0.3 is 15.4 Å². The molecule has 0 unspecified atom stereocenters. The predicted octanol–water partition coefficient (Wildman–Crippen LogP) is 2.99. The van der Waals surface area contributed by atoms with Gasteiger partial charge >= 0.3 is 0 Å². The van der Waals surface area contributed by atoms with Gasteiger partial charge in [-0.05, 0) is 42.7 Å². The number of carbonyl (C=O) groups excluding carboxylic acids is 1. The summed E-state index contributed by atoms with van der Waals surface area (Å²) >= 11 is 0. The standard InChI is InChI=1S/C19H24N2O2/c1-15-6-3-4-7-18(15)23-13-5-12-21(2)19(22)17-10-8-16(14-20)9-11-17/h3-4,6-11H,5,12-14,20H2,1-2H3. The summed E-state index contributed by atoms with van der Waals surface area (Å²) in [6, 6.07) is 15.4. The average Bonchev–Trinajstić information content (AvgIpc) is 2.59. The van der Waals surface area contributed by atoms with Crippen molar-refractivity contribution >= 4 is 5.91 Å². The number of hydrogen-bond donors (Lipinski definition) is 1. The largest absolute Gasteiger partial charge is 0.493 e. The normalized spacial score (nSPS) is 10.4. The molecule has 0 fully saturated rings. The molecular weight excluding hydrogens is 288 g/mol. The third kappa shape index (κ3) is 4.83. The van der Waals surface area contributed by atoms with Crippen molar-refractivity contribution in [3.63, 3.8) is 0 Å². The summed E-state index contributed by atoms with van der Waals surface area (Å²) < 4.78 is 5.75. The molecule has 1 amide bonds. The van der Waals surface area contributed by atoms with Gasteiger partial charge in [-0.25, -0.2) is 0 Å². The Morgan fingerprint density at radius 2 is 1.83 bits per heavy atom. The zero-order valence-electron chi connectivity index (χ0n) is 13.8. The zero-order valence-corrected chi connectivity index (χ0v) is 13.8. The first-order valence-corrected chi connectivity index (χ1v) is 7.84. The Hall–Kier alpha value is -2.33. The minimum atomic E-state index is 0.0180. The van der Waals surface area contributed by atoms with Crippen LogP contribution in [0.3, 0.4) is 0 Å². The highest BCUT2D eigenvalue weighted by Crippen LogP contribution is 2.16. The van der Waals surface area contributed by atoms with E-state index in [1.165, 1.54) is 0 Å². The average molecular weight is 312 g/mol. The molecule has 0 aromatic heterocycles. The summed E-state index contributed by atoms with van der Waals surface area (Å²) in [6.07, 6.45) is 0.789. The van der Waals surface area contributed by atoms with Crippen LogP contribution < -0.4 is 10.5 Å². The van der Waals surface area contributed by atoms with Crippen molar-refractivity contribution in [3.05, 3.63) is 65.2 Å². The highest BCUT2D eigenvalue weighted by atomic mass is 16.5. The SMILES string of the molecule is Cc1ccccc1OCCCN(C)C(=O)c1ccc(CN)cc1. The molecule has 0 heterocycles. The van der Waals surface area contributed by atoms with Crippen molar-refractivity contribution in [2.75, 3.05) is 20.2 Å². The van der Waals surface area contributed by atoms with Crippen molar-refractivity contribution in [2.24, 2.45) is 5.73 Å². The highest BCUT2D eigenvalue weighted by molar-refractivity contribution is 5.94. The maximum atomic E-state index is 12.3. The molecule has 0 radical (unpaired) electrons. The van der Waals surface area contributed by atoms with Crippen LogP contribution in [-0.2, 0) is 6.54 Å².